The van der Waals surface area contributed by atoms with Gasteiger partial charge in [-0.2, -0.15) is 0 Å². The molecule has 2 heterocycles. The monoisotopic (exact) mass is 527 g/mol. The van der Waals surface area contributed by atoms with Gasteiger partial charge in [0.05, 0.1) is 6.61 Å². The number of halogens is 3. The van der Waals surface area contributed by atoms with Gasteiger partial charge in [0, 0.05) is 31.3 Å². The number of fused-ring (bicyclic) bond motifs is 2. The number of hydrogen-bond acceptors (Lipinski definition) is 3. The lowest BCUT2D eigenvalue weighted by molar-refractivity contribution is -0.172. The number of carbonyl (C=O) groups is 1. The summed E-state index contributed by atoms with van der Waals surface area (Å²) < 4.78 is 13.7. The molecule has 2 aromatic rings. The summed E-state index contributed by atoms with van der Waals surface area (Å²) in [6.07, 6.45) is 3.63. The Balaban J connectivity index is 1.51. The summed E-state index contributed by atoms with van der Waals surface area (Å²) in [7, 11) is 0. The highest BCUT2D eigenvalue weighted by Gasteiger charge is 2.61. The maximum absolute atomic E-state index is 12.9. The summed E-state index contributed by atoms with van der Waals surface area (Å²) in [5.41, 5.74) is 1.44. The molecule has 1 amide bonds. The van der Waals surface area contributed by atoms with E-state index in [1.807, 2.05) is 24.3 Å². The SMILES string of the molecule is O=C1Nc2cc(Cl)ccc2C12COC1(C[C@@H](c3cccc(Cl)c3)CC=C1I)O2. The fourth-order valence-electron chi connectivity index (χ4n) is 4.26. The van der Waals surface area contributed by atoms with Crippen molar-refractivity contribution in [1.29, 1.82) is 0 Å². The summed E-state index contributed by atoms with van der Waals surface area (Å²) in [6, 6.07) is 13.2. The minimum atomic E-state index is -1.15. The predicted molar refractivity (Wildman–Crippen MR) is 117 cm³/mol. The molecule has 0 saturated carbocycles. The zero-order valence-electron chi connectivity index (χ0n) is 14.7. The lowest BCUT2D eigenvalue weighted by atomic mass is 9.84. The maximum atomic E-state index is 12.9. The highest BCUT2D eigenvalue weighted by atomic mass is 127. The molecule has 2 spiro atoms. The van der Waals surface area contributed by atoms with Crippen molar-refractivity contribution in [2.24, 2.45) is 0 Å². The van der Waals surface area contributed by atoms with Gasteiger partial charge in [-0.05, 0) is 64.8 Å². The number of amides is 1. The van der Waals surface area contributed by atoms with Crippen LogP contribution in [0.3, 0.4) is 0 Å². The van der Waals surface area contributed by atoms with E-state index in [1.54, 1.807) is 12.1 Å². The molecular formula is C21H16Cl2INO3. The molecule has 144 valence electrons. The number of benzene rings is 2. The number of rotatable bonds is 1. The first-order valence-corrected chi connectivity index (χ1v) is 10.8. The zero-order chi connectivity index (χ0) is 19.5. The third kappa shape index (κ3) is 2.82. The van der Waals surface area contributed by atoms with Gasteiger partial charge in [0.25, 0.3) is 5.91 Å². The van der Waals surface area contributed by atoms with Crippen molar-refractivity contribution in [3.8, 4) is 0 Å². The van der Waals surface area contributed by atoms with Crippen LogP contribution in [0.4, 0.5) is 5.69 Å². The average molecular weight is 528 g/mol. The number of nitrogens with one attached hydrogen (secondary N) is 1. The van der Waals surface area contributed by atoms with Crippen LogP contribution < -0.4 is 5.32 Å². The second-order valence-corrected chi connectivity index (χ2v) is 9.39. The van der Waals surface area contributed by atoms with E-state index in [0.29, 0.717) is 22.2 Å². The summed E-state index contributed by atoms with van der Waals surface area (Å²) in [5.74, 6) is -0.957. The van der Waals surface area contributed by atoms with Crippen molar-refractivity contribution >= 4 is 57.4 Å². The van der Waals surface area contributed by atoms with Gasteiger partial charge in [0.2, 0.25) is 11.4 Å². The molecule has 1 fully saturated rings. The summed E-state index contributed by atoms with van der Waals surface area (Å²) >= 11 is 14.5. The van der Waals surface area contributed by atoms with Gasteiger partial charge in [-0.3, -0.25) is 4.79 Å². The van der Waals surface area contributed by atoms with Crippen molar-refractivity contribution in [1.82, 2.24) is 0 Å². The number of ether oxygens (including phenoxy) is 2. The molecule has 0 bridgehead atoms. The topological polar surface area (TPSA) is 47.6 Å². The minimum absolute atomic E-state index is 0.163. The van der Waals surface area contributed by atoms with Crippen molar-refractivity contribution in [2.75, 3.05) is 11.9 Å². The second-order valence-electron chi connectivity index (χ2n) is 7.36. The van der Waals surface area contributed by atoms with Gasteiger partial charge in [0.1, 0.15) is 0 Å². The minimum Gasteiger partial charge on any atom is -0.341 e. The second kappa shape index (κ2) is 6.71. The molecule has 1 saturated heterocycles. The van der Waals surface area contributed by atoms with Gasteiger partial charge in [-0.25, -0.2) is 0 Å². The molecule has 2 unspecified atom stereocenters. The molecular weight excluding hydrogens is 512 g/mol. The van der Waals surface area contributed by atoms with Crippen LogP contribution in [0.25, 0.3) is 0 Å². The quantitative estimate of drug-likeness (QED) is 0.478. The van der Waals surface area contributed by atoms with E-state index in [4.69, 9.17) is 32.7 Å². The highest BCUT2D eigenvalue weighted by molar-refractivity contribution is 14.1. The molecule has 0 aromatic heterocycles. The third-order valence-corrected chi connectivity index (χ3v) is 7.39. The van der Waals surface area contributed by atoms with E-state index in [0.717, 1.165) is 21.1 Å². The van der Waals surface area contributed by atoms with Gasteiger partial charge in [-0.15, -0.1) is 0 Å². The standard InChI is InChI=1S/C21H16Cl2INO3/c22-14-3-1-2-12(8-14)13-4-7-18(24)21(10-13)27-11-20(28-21)16-6-5-15(23)9-17(16)25-19(20)26/h1-3,5-9,13H,4,10-11H2,(H,25,26)/t13-,20?,21?/m0/s1. The van der Waals surface area contributed by atoms with Crippen molar-refractivity contribution in [2.45, 2.75) is 30.1 Å². The van der Waals surface area contributed by atoms with Gasteiger partial charge >= 0.3 is 0 Å². The van der Waals surface area contributed by atoms with Crippen LogP contribution in [0.1, 0.15) is 29.9 Å². The highest BCUT2D eigenvalue weighted by Crippen LogP contribution is 2.55. The van der Waals surface area contributed by atoms with E-state index in [9.17, 15) is 4.79 Å². The summed E-state index contributed by atoms with van der Waals surface area (Å²) in [5, 5.41) is 4.17. The zero-order valence-corrected chi connectivity index (χ0v) is 18.3. The Morgan fingerprint density at radius 2 is 1.96 bits per heavy atom. The molecule has 5 rings (SSSR count). The lowest BCUT2D eigenvalue weighted by Gasteiger charge is -2.36. The normalized spacial score (nSPS) is 31.2. The smallest absolute Gasteiger partial charge is 0.263 e. The molecule has 1 N–H and O–H groups in total. The third-order valence-electron chi connectivity index (χ3n) is 5.66. The number of hydrogen-bond donors (Lipinski definition) is 1. The van der Waals surface area contributed by atoms with Gasteiger partial charge < -0.3 is 14.8 Å². The molecule has 4 nitrogen and oxygen atoms in total. The summed E-state index contributed by atoms with van der Waals surface area (Å²) in [4.78, 5) is 12.9. The molecule has 7 heteroatoms. The Morgan fingerprint density at radius 1 is 1.14 bits per heavy atom. The molecule has 2 aromatic carbocycles. The molecule has 1 aliphatic carbocycles. The first kappa shape index (κ1) is 18.9. The average Bonchev–Trinajstić information content (AvgIpc) is 3.17. The predicted octanol–water partition coefficient (Wildman–Crippen LogP) is 5.78. The van der Waals surface area contributed by atoms with Crippen LogP contribution in [-0.2, 0) is 19.9 Å². The van der Waals surface area contributed by atoms with Gasteiger partial charge in [0.15, 0.2) is 0 Å². The Hall–Kier alpha value is -1.12. The fourth-order valence-corrected chi connectivity index (χ4v) is 5.37. The summed E-state index contributed by atoms with van der Waals surface area (Å²) in [6.45, 7) is 0.163. The molecule has 3 aliphatic rings. The van der Waals surface area contributed by atoms with E-state index in [1.165, 1.54) is 0 Å². The maximum Gasteiger partial charge on any atom is 0.263 e. The van der Waals surface area contributed by atoms with E-state index < -0.39 is 11.4 Å². The van der Waals surface area contributed by atoms with Crippen molar-refractivity contribution < 1.29 is 14.3 Å². The van der Waals surface area contributed by atoms with Crippen molar-refractivity contribution in [3.05, 3.63) is 73.3 Å². The Labute approximate surface area is 186 Å². The molecule has 3 atom stereocenters. The largest absolute Gasteiger partial charge is 0.341 e. The molecule has 0 radical (unpaired) electrons. The van der Waals surface area contributed by atoms with Crippen LogP contribution >= 0.6 is 45.8 Å². The van der Waals surface area contributed by atoms with Crippen LogP contribution in [-0.4, -0.2) is 18.3 Å². The number of allylic oxidation sites excluding steroid dienone is 1. The van der Waals surface area contributed by atoms with Crippen LogP contribution in [0.15, 0.2) is 52.1 Å². The van der Waals surface area contributed by atoms with E-state index in [2.05, 4.69) is 40.1 Å². The number of anilines is 1. The lowest BCUT2D eigenvalue weighted by Crippen LogP contribution is -2.42. The Bertz CT molecular complexity index is 1030. The number of carbonyl (C=O) groups excluding carboxylic acids is 1. The molecule has 28 heavy (non-hydrogen) atoms. The fraction of sp³-hybridized carbons (Fsp3) is 0.286. The van der Waals surface area contributed by atoms with Crippen LogP contribution in [0.2, 0.25) is 10.0 Å². The van der Waals surface area contributed by atoms with E-state index in [-0.39, 0.29) is 18.4 Å². The van der Waals surface area contributed by atoms with Crippen molar-refractivity contribution in [3.63, 3.8) is 0 Å². The Morgan fingerprint density at radius 3 is 2.79 bits per heavy atom. The first-order chi connectivity index (χ1) is 13.4. The van der Waals surface area contributed by atoms with E-state index >= 15 is 0 Å². The van der Waals surface area contributed by atoms with Gasteiger partial charge in [-0.1, -0.05) is 47.5 Å². The van der Waals surface area contributed by atoms with Crippen LogP contribution in [0, 0.1) is 0 Å². The Kier molecular flexibility index (Phi) is 4.52. The molecule has 2 aliphatic heterocycles. The first-order valence-electron chi connectivity index (χ1n) is 8.99. The van der Waals surface area contributed by atoms with Crippen LogP contribution in [0.5, 0.6) is 0 Å².